The van der Waals surface area contributed by atoms with Crippen LogP contribution < -0.4 is 10.6 Å². The number of amides is 4. The van der Waals surface area contributed by atoms with Gasteiger partial charge in [0.1, 0.15) is 18.1 Å². The van der Waals surface area contributed by atoms with Gasteiger partial charge in [-0.25, -0.2) is 0 Å². The van der Waals surface area contributed by atoms with E-state index in [-0.39, 0.29) is 42.0 Å². The van der Waals surface area contributed by atoms with Crippen LogP contribution in [0.2, 0.25) is 0 Å². The van der Waals surface area contributed by atoms with Crippen LogP contribution in [0.1, 0.15) is 62.5 Å². The van der Waals surface area contributed by atoms with Gasteiger partial charge in [0.05, 0.1) is 0 Å². The maximum Gasteiger partial charge on any atom is 0.246 e. The number of nitrogens with one attached hydrogen (secondary N) is 2. The molecule has 6 atom stereocenters. The van der Waals surface area contributed by atoms with Gasteiger partial charge in [-0.05, 0) is 55.6 Å². The zero-order chi connectivity index (χ0) is 28.3. The minimum Gasteiger partial charge on any atom is -0.351 e. The van der Waals surface area contributed by atoms with Gasteiger partial charge in [0.15, 0.2) is 0 Å². The molecule has 216 valence electrons. The Morgan fingerprint density at radius 3 is 2.12 bits per heavy atom. The molecule has 0 spiro atoms. The summed E-state index contributed by atoms with van der Waals surface area (Å²) in [6.07, 6.45) is 6.85. The van der Waals surface area contributed by atoms with Gasteiger partial charge in [0.2, 0.25) is 23.6 Å². The first-order valence-electron chi connectivity index (χ1n) is 15.3. The van der Waals surface area contributed by atoms with Gasteiger partial charge in [-0.15, -0.1) is 0 Å². The first-order valence-corrected chi connectivity index (χ1v) is 15.3. The normalized spacial score (nSPS) is 30.7. The molecule has 8 heteroatoms. The molecule has 2 N–H and O–H groups in total. The predicted octanol–water partition coefficient (Wildman–Crippen LogP) is 3.00. The van der Waals surface area contributed by atoms with Gasteiger partial charge < -0.3 is 20.4 Å². The van der Waals surface area contributed by atoms with E-state index < -0.39 is 24.2 Å². The molecule has 4 aliphatic rings. The number of fused-ring (bicyclic) bond motifs is 4. The summed E-state index contributed by atoms with van der Waals surface area (Å²) in [4.78, 5) is 59.5. The van der Waals surface area contributed by atoms with E-state index in [1.165, 1.54) is 0 Å². The predicted molar refractivity (Wildman–Crippen MR) is 155 cm³/mol. The highest BCUT2D eigenvalue weighted by Gasteiger charge is 2.51. The third-order valence-electron chi connectivity index (χ3n) is 9.49. The van der Waals surface area contributed by atoms with Crippen LogP contribution in [0.25, 0.3) is 0 Å². The minimum absolute atomic E-state index is 0.00814. The summed E-state index contributed by atoms with van der Waals surface area (Å²) < 4.78 is 0. The van der Waals surface area contributed by atoms with E-state index in [4.69, 9.17) is 0 Å². The molecule has 8 nitrogen and oxygen atoms in total. The fourth-order valence-electron chi connectivity index (χ4n) is 7.57. The van der Waals surface area contributed by atoms with Gasteiger partial charge >= 0.3 is 0 Å². The molecular formula is C33H40N4O4. The largest absolute Gasteiger partial charge is 0.351 e. The zero-order valence-electron chi connectivity index (χ0n) is 23.5. The van der Waals surface area contributed by atoms with Crippen LogP contribution >= 0.6 is 0 Å². The lowest BCUT2D eigenvalue weighted by molar-refractivity contribution is -0.149. The maximum atomic E-state index is 14.5. The molecule has 1 saturated carbocycles. The fourth-order valence-corrected chi connectivity index (χ4v) is 7.57. The molecule has 1 aliphatic carbocycles. The summed E-state index contributed by atoms with van der Waals surface area (Å²) in [7, 11) is 0. The molecule has 41 heavy (non-hydrogen) atoms. The molecule has 0 aromatic heterocycles. The SMILES string of the molecule is O=C1C[C@H](Cc2ccccc2)NC(=O)[C@@H]2CCCN2C(=O)[C@@H]2C[C@@H]3CCCC[C@@H]3N2C(=O)[C@H](Cc2ccccc2)N1. The molecule has 4 fully saturated rings. The fraction of sp³-hybridized carbons (Fsp3) is 0.515. The molecule has 6 rings (SSSR count). The highest BCUT2D eigenvalue weighted by Crippen LogP contribution is 2.41. The number of hydrogen-bond donors (Lipinski definition) is 2. The zero-order valence-corrected chi connectivity index (χ0v) is 23.5. The van der Waals surface area contributed by atoms with Crippen LogP contribution in [0.15, 0.2) is 60.7 Å². The summed E-state index contributed by atoms with van der Waals surface area (Å²) >= 11 is 0. The van der Waals surface area contributed by atoms with Crippen molar-refractivity contribution >= 4 is 23.6 Å². The Hall–Kier alpha value is -3.68. The summed E-state index contributed by atoms with van der Waals surface area (Å²) in [5.74, 6) is -0.506. The van der Waals surface area contributed by atoms with Gasteiger partial charge in [0, 0.05) is 31.5 Å². The van der Waals surface area contributed by atoms with Crippen molar-refractivity contribution in [1.29, 1.82) is 0 Å². The van der Waals surface area contributed by atoms with E-state index in [0.29, 0.717) is 32.2 Å². The third-order valence-corrected chi connectivity index (χ3v) is 9.49. The Morgan fingerprint density at radius 2 is 1.39 bits per heavy atom. The number of nitrogens with zero attached hydrogens (tertiary/aromatic N) is 2. The third kappa shape index (κ3) is 5.88. The molecule has 2 aromatic rings. The molecule has 4 amide bonds. The van der Waals surface area contributed by atoms with E-state index in [2.05, 4.69) is 10.6 Å². The Labute approximate surface area is 241 Å². The summed E-state index contributed by atoms with van der Waals surface area (Å²) in [5.41, 5.74) is 1.96. The van der Waals surface area contributed by atoms with Crippen molar-refractivity contribution in [1.82, 2.24) is 20.4 Å². The molecule has 3 saturated heterocycles. The highest BCUT2D eigenvalue weighted by molar-refractivity contribution is 5.96. The van der Waals surface area contributed by atoms with E-state index in [0.717, 1.165) is 43.2 Å². The lowest BCUT2D eigenvalue weighted by Gasteiger charge is -2.37. The van der Waals surface area contributed by atoms with Crippen LogP contribution in [0, 0.1) is 5.92 Å². The number of carbonyl (C=O) groups excluding carboxylic acids is 4. The molecular weight excluding hydrogens is 516 g/mol. The van der Waals surface area contributed by atoms with Crippen LogP contribution in [-0.2, 0) is 32.0 Å². The average Bonchev–Trinajstić information content (AvgIpc) is 3.62. The average molecular weight is 557 g/mol. The molecule has 0 unspecified atom stereocenters. The van der Waals surface area contributed by atoms with Crippen molar-refractivity contribution in [3.63, 3.8) is 0 Å². The van der Waals surface area contributed by atoms with Crippen molar-refractivity contribution in [2.24, 2.45) is 5.92 Å². The highest BCUT2D eigenvalue weighted by atomic mass is 16.2. The number of rotatable bonds is 4. The first-order chi connectivity index (χ1) is 20.0. The van der Waals surface area contributed by atoms with Gasteiger partial charge in [-0.1, -0.05) is 73.5 Å². The number of hydrogen-bond acceptors (Lipinski definition) is 4. The van der Waals surface area contributed by atoms with Crippen molar-refractivity contribution in [3.8, 4) is 0 Å². The topological polar surface area (TPSA) is 98.8 Å². The molecule has 2 aromatic carbocycles. The van der Waals surface area contributed by atoms with Crippen molar-refractivity contribution in [2.45, 2.75) is 94.4 Å². The second-order valence-electron chi connectivity index (χ2n) is 12.2. The van der Waals surface area contributed by atoms with Crippen LogP contribution in [0.3, 0.4) is 0 Å². The van der Waals surface area contributed by atoms with E-state index >= 15 is 0 Å². The van der Waals surface area contributed by atoms with Crippen molar-refractivity contribution < 1.29 is 19.2 Å². The van der Waals surface area contributed by atoms with Gasteiger partial charge in [-0.2, -0.15) is 0 Å². The Morgan fingerprint density at radius 1 is 0.707 bits per heavy atom. The van der Waals surface area contributed by atoms with Crippen molar-refractivity contribution in [3.05, 3.63) is 71.8 Å². The summed E-state index contributed by atoms with van der Waals surface area (Å²) in [5, 5.41) is 6.17. The number of carbonyl (C=O) groups is 4. The Kier molecular flexibility index (Phi) is 8.08. The smallest absolute Gasteiger partial charge is 0.246 e. The van der Waals surface area contributed by atoms with E-state index in [1.807, 2.05) is 65.6 Å². The monoisotopic (exact) mass is 556 g/mol. The van der Waals surface area contributed by atoms with E-state index in [1.54, 1.807) is 4.90 Å². The van der Waals surface area contributed by atoms with E-state index in [9.17, 15) is 19.2 Å². The second-order valence-corrected chi connectivity index (χ2v) is 12.2. The minimum atomic E-state index is -0.788. The van der Waals surface area contributed by atoms with Crippen LogP contribution in [-0.4, -0.2) is 70.2 Å². The molecule has 3 heterocycles. The molecule has 0 radical (unpaired) electrons. The quantitative estimate of drug-likeness (QED) is 0.605. The summed E-state index contributed by atoms with van der Waals surface area (Å²) in [6, 6.07) is 17.1. The molecule has 3 aliphatic heterocycles. The molecule has 0 bridgehead atoms. The lowest BCUT2D eigenvalue weighted by Crippen LogP contribution is -2.58. The van der Waals surface area contributed by atoms with Crippen molar-refractivity contribution in [2.75, 3.05) is 6.54 Å². The summed E-state index contributed by atoms with van der Waals surface area (Å²) in [6.45, 7) is 0.513. The number of benzene rings is 2. The first kappa shape index (κ1) is 27.5. The van der Waals surface area contributed by atoms with Gasteiger partial charge in [-0.3, -0.25) is 19.2 Å². The van der Waals surface area contributed by atoms with Crippen LogP contribution in [0.4, 0.5) is 0 Å². The Bertz CT molecular complexity index is 1270. The Balaban J connectivity index is 1.36. The van der Waals surface area contributed by atoms with Crippen LogP contribution in [0.5, 0.6) is 0 Å². The second kappa shape index (κ2) is 12.0. The lowest BCUT2D eigenvalue weighted by atomic mass is 9.84. The standard InChI is InChI=1S/C33H40N4O4/c38-30-21-25(18-22-10-3-1-4-11-22)34-31(39)28-16-9-17-36(28)33(41)29-20-24-14-7-8-15-27(24)37(29)32(40)26(35-30)19-23-12-5-2-6-13-23/h1-6,10-13,24-29H,7-9,14-21H2,(H,34,39)(H,35,38)/t24-,25-,26-,27-,28-,29-/m0/s1. The maximum absolute atomic E-state index is 14.5. The van der Waals surface area contributed by atoms with Gasteiger partial charge in [0.25, 0.3) is 0 Å².